The van der Waals surface area contributed by atoms with E-state index < -0.39 is 17.8 Å². The third-order valence-electron chi connectivity index (χ3n) is 3.09. The van der Waals surface area contributed by atoms with Gasteiger partial charge in [-0.05, 0) is 24.3 Å². The van der Waals surface area contributed by atoms with Crippen LogP contribution in [0.2, 0.25) is 0 Å². The highest BCUT2D eigenvalue weighted by molar-refractivity contribution is 5.28. The number of nitrogens with zero attached hydrogens (tertiary/aromatic N) is 2. The summed E-state index contributed by atoms with van der Waals surface area (Å²) in [6.07, 6.45) is -1.56. The van der Waals surface area contributed by atoms with E-state index in [4.69, 9.17) is 4.74 Å². The van der Waals surface area contributed by atoms with E-state index in [1.54, 1.807) is 10.9 Å². The molecule has 0 spiro atoms. The zero-order valence-electron chi connectivity index (χ0n) is 12.5. The van der Waals surface area contributed by atoms with Crippen molar-refractivity contribution in [3.8, 4) is 5.75 Å². The van der Waals surface area contributed by atoms with E-state index in [1.165, 1.54) is 12.1 Å². The van der Waals surface area contributed by atoms with E-state index in [9.17, 15) is 18.3 Å². The molecule has 0 fully saturated rings. The highest BCUT2D eigenvalue weighted by atomic mass is 19.4. The van der Waals surface area contributed by atoms with Crippen molar-refractivity contribution >= 4 is 0 Å². The molecule has 0 bridgehead atoms. The number of alkyl halides is 3. The first-order valence-corrected chi connectivity index (χ1v) is 7.01. The first-order valence-electron chi connectivity index (χ1n) is 7.01. The van der Waals surface area contributed by atoms with E-state index in [0.717, 1.165) is 17.7 Å². The average molecular weight is 329 g/mol. The fourth-order valence-electron chi connectivity index (χ4n) is 1.94. The van der Waals surface area contributed by atoms with Crippen LogP contribution in [-0.2, 0) is 19.8 Å². The van der Waals surface area contributed by atoms with Gasteiger partial charge in [0.15, 0.2) is 0 Å². The number of aromatic nitrogens is 2. The third-order valence-corrected chi connectivity index (χ3v) is 3.09. The maximum atomic E-state index is 12.4. The number of halogens is 3. The van der Waals surface area contributed by atoms with Crippen LogP contribution in [0, 0.1) is 0 Å². The highest BCUT2D eigenvalue weighted by Gasteiger charge is 2.30. The molecule has 1 unspecified atom stereocenters. The van der Waals surface area contributed by atoms with Gasteiger partial charge in [-0.25, -0.2) is 0 Å². The lowest BCUT2D eigenvalue weighted by Gasteiger charge is -2.13. The lowest BCUT2D eigenvalue weighted by atomic mass is 10.2. The van der Waals surface area contributed by atoms with Gasteiger partial charge in [0.25, 0.3) is 0 Å². The molecule has 0 saturated carbocycles. The van der Waals surface area contributed by atoms with Crippen LogP contribution in [-0.4, -0.2) is 34.1 Å². The number of aliphatic hydroxyl groups is 1. The van der Waals surface area contributed by atoms with Gasteiger partial charge in [0, 0.05) is 31.9 Å². The predicted molar refractivity (Wildman–Crippen MR) is 77.9 cm³/mol. The van der Waals surface area contributed by atoms with Crippen LogP contribution >= 0.6 is 0 Å². The molecule has 1 heterocycles. The second-order valence-corrected chi connectivity index (χ2v) is 5.14. The van der Waals surface area contributed by atoms with Crippen molar-refractivity contribution in [3.63, 3.8) is 0 Å². The van der Waals surface area contributed by atoms with Crippen LogP contribution in [0.15, 0.2) is 36.7 Å². The number of nitrogens with one attached hydrogen (secondary N) is 1. The molecule has 126 valence electrons. The molecular formula is C15H18F3N3O2. The second-order valence-electron chi connectivity index (χ2n) is 5.14. The monoisotopic (exact) mass is 329 g/mol. The molecule has 0 aliphatic carbocycles. The van der Waals surface area contributed by atoms with Gasteiger partial charge >= 0.3 is 6.18 Å². The van der Waals surface area contributed by atoms with Crippen molar-refractivity contribution in [3.05, 3.63) is 47.8 Å². The Bertz CT molecular complexity index is 611. The molecule has 2 N–H and O–H groups in total. The Morgan fingerprint density at radius 1 is 1.30 bits per heavy atom. The molecule has 0 aliphatic heterocycles. The molecule has 2 aromatic rings. The Morgan fingerprint density at radius 3 is 2.57 bits per heavy atom. The molecule has 0 aliphatic rings. The van der Waals surface area contributed by atoms with E-state index in [-0.39, 0.29) is 12.4 Å². The molecule has 23 heavy (non-hydrogen) atoms. The second kappa shape index (κ2) is 7.47. The lowest BCUT2D eigenvalue weighted by Crippen LogP contribution is -2.31. The van der Waals surface area contributed by atoms with Crippen molar-refractivity contribution < 1.29 is 23.0 Å². The summed E-state index contributed by atoms with van der Waals surface area (Å²) < 4.78 is 44.2. The summed E-state index contributed by atoms with van der Waals surface area (Å²) in [5, 5.41) is 16.9. The fourth-order valence-corrected chi connectivity index (χ4v) is 1.94. The Kier molecular flexibility index (Phi) is 5.62. The molecule has 1 atom stereocenters. The molecule has 1 aromatic heterocycles. The minimum absolute atomic E-state index is 0.00853. The van der Waals surface area contributed by atoms with E-state index >= 15 is 0 Å². The van der Waals surface area contributed by atoms with Gasteiger partial charge in [0.05, 0.1) is 11.8 Å². The van der Waals surface area contributed by atoms with E-state index in [2.05, 4.69) is 10.4 Å². The smallest absolute Gasteiger partial charge is 0.416 e. The Morgan fingerprint density at radius 2 is 2.00 bits per heavy atom. The number of hydrogen-bond donors (Lipinski definition) is 2. The summed E-state index contributed by atoms with van der Waals surface area (Å²) in [6, 6.07) is 4.36. The number of aryl methyl sites for hydroxylation is 1. The van der Waals surface area contributed by atoms with E-state index in [1.807, 2.05) is 13.2 Å². The molecule has 0 saturated heterocycles. The maximum absolute atomic E-state index is 12.4. The van der Waals surface area contributed by atoms with Crippen molar-refractivity contribution in [2.24, 2.45) is 7.05 Å². The molecule has 0 radical (unpaired) electrons. The zero-order chi connectivity index (χ0) is 16.9. The Hall–Kier alpha value is -2.06. The quantitative estimate of drug-likeness (QED) is 0.815. The topological polar surface area (TPSA) is 59.3 Å². The molecule has 5 nitrogen and oxygen atoms in total. The summed E-state index contributed by atoms with van der Waals surface area (Å²) in [5.74, 6) is 0.282. The van der Waals surface area contributed by atoms with Gasteiger partial charge in [0.1, 0.15) is 18.5 Å². The lowest BCUT2D eigenvalue weighted by molar-refractivity contribution is -0.137. The first-order chi connectivity index (χ1) is 10.8. The number of hydrogen-bond acceptors (Lipinski definition) is 4. The van der Waals surface area contributed by atoms with Gasteiger partial charge < -0.3 is 15.2 Å². The third kappa shape index (κ3) is 5.57. The van der Waals surface area contributed by atoms with Crippen LogP contribution in [0.25, 0.3) is 0 Å². The summed E-state index contributed by atoms with van der Waals surface area (Å²) in [7, 11) is 1.82. The van der Waals surface area contributed by atoms with Crippen LogP contribution in [0.5, 0.6) is 5.75 Å². The first kappa shape index (κ1) is 17.3. The van der Waals surface area contributed by atoms with Crippen molar-refractivity contribution in [1.82, 2.24) is 15.1 Å². The van der Waals surface area contributed by atoms with Crippen molar-refractivity contribution in [2.45, 2.75) is 18.8 Å². The van der Waals surface area contributed by atoms with Gasteiger partial charge in [-0.3, -0.25) is 4.68 Å². The minimum Gasteiger partial charge on any atom is -0.491 e. The van der Waals surface area contributed by atoms with Crippen LogP contribution in [0.1, 0.15) is 11.1 Å². The minimum atomic E-state index is -4.37. The number of aliphatic hydroxyl groups excluding tert-OH is 1. The van der Waals surface area contributed by atoms with Gasteiger partial charge in [-0.15, -0.1) is 0 Å². The molecule has 2 rings (SSSR count). The van der Waals surface area contributed by atoms with E-state index in [0.29, 0.717) is 13.1 Å². The molecule has 1 aromatic carbocycles. The highest BCUT2D eigenvalue weighted by Crippen LogP contribution is 2.30. The standard InChI is InChI=1S/C15H18F3N3O2/c1-21-9-11(7-20-21)6-19-8-13(22)10-23-14-4-2-12(3-5-14)15(16,17)18/h2-5,7,9,13,19,22H,6,8,10H2,1H3. The molecular weight excluding hydrogens is 311 g/mol. The Labute approximate surface area is 131 Å². The van der Waals surface area contributed by atoms with Crippen molar-refractivity contribution in [2.75, 3.05) is 13.2 Å². The summed E-state index contributed by atoms with van der Waals surface area (Å²) in [4.78, 5) is 0. The van der Waals surface area contributed by atoms with Crippen LogP contribution < -0.4 is 10.1 Å². The number of ether oxygens (including phenoxy) is 1. The number of benzene rings is 1. The molecule has 8 heteroatoms. The number of rotatable bonds is 7. The normalized spacial score (nSPS) is 13.1. The molecule has 0 amide bonds. The Balaban J connectivity index is 1.70. The summed E-state index contributed by atoms with van der Waals surface area (Å²) >= 11 is 0. The van der Waals surface area contributed by atoms with Gasteiger partial charge in [-0.1, -0.05) is 0 Å². The van der Waals surface area contributed by atoms with Crippen molar-refractivity contribution in [1.29, 1.82) is 0 Å². The average Bonchev–Trinajstić information content (AvgIpc) is 2.90. The maximum Gasteiger partial charge on any atom is 0.416 e. The van der Waals surface area contributed by atoms with Gasteiger partial charge in [0.2, 0.25) is 0 Å². The summed E-state index contributed by atoms with van der Waals surface area (Å²) in [5.41, 5.74) is 0.256. The fraction of sp³-hybridized carbons (Fsp3) is 0.400. The SMILES string of the molecule is Cn1cc(CNCC(O)COc2ccc(C(F)(F)F)cc2)cn1. The van der Waals surface area contributed by atoms with Crippen LogP contribution in [0.4, 0.5) is 13.2 Å². The largest absolute Gasteiger partial charge is 0.491 e. The summed E-state index contributed by atoms with van der Waals surface area (Å²) in [6.45, 7) is 0.853. The predicted octanol–water partition coefficient (Wildman–Crippen LogP) is 1.97. The van der Waals surface area contributed by atoms with Gasteiger partial charge in [-0.2, -0.15) is 18.3 Å². The zero-order valence-corrected chi connectivity index (χ0v) is 12.5. The van der Waals surface area contributed by atoms with Crippen LogP contribution in [0.3, 0.4) is 0 Å².